The van der Waals surface area contributed by atoms with Gasteiger partial charge in [0.1, 0.15) is 5.82 Å². The minimum absolute atomic E-state index is 0.0860. The molecule has 1 aromatic rings. The fourth-order valence-electron chi connectivity index (χ4n) is 5.57. The maximum absolute atomic E-state index is 14.2. The van der Waals surface area contributed by atoms with Crippen LogP contribution in [0, 0.1) is 16.6 Å². The van der Waals surface area contributed by atoms with E-state index in [9.17, 15) is 4.39 Å². The van der Waals surface area contributed by atoms with Crippen molar-refractivity contribution in [3.63, 3.8) is 0 Å². The van der Waals surface area contributed by atoms with E-state index in [1.165, 1.54) is 42.5 Å². The Hall–Kier alpha value is -1.15. The molecule has 0 bridgehead atoms. The molecule has 150 valence electrons. The minimum atomic E-state index is -0.0860. The number of hydrogen-bond donors (Lipinski definition) is 0. The van der Waals surface area contributed by atoms with E-state index in [2.05, 4.69) is 51.7 Å². The molecule has 0 spiro atoms. The second-order valence-corrected chi connectivity index (χ2v) is 10.4. The van der Waals surface area contributed by atoms with Crippen LogP contribution < -0.4 is 0 Å². The molecule has 2 heteroatoms. The Balaban J connectivity index is 1.86. The van der Waals surface area contributed by atoms with Gasteiger partial charge in [0.05, 0.1) is 0 Å². The summed E-state index contributed by atoms with van der Waals surface area (Å²) in [6.45, 7) is 15.2. The fraction of sp³-hybridized carbons (Fsp3) is 0.680. The molecule has 0 aromatic heterocycles. The average molecular weight is 372 g/mol. The summed E-state index contributed by atoms with van der Waals surface area (Å²) in [6, 6.07) is 5.54. The van der Waals surface area contributed by atoms with Gasteiger partial charge in [-0.15, -0.1) is 0 Å². The lowest BCUT2D eigenvalue weighted by atomic mass is 9.65. The molecule has 1 aliphatic heterocycles. The number of halogens is 1. The molecule has 1 aliphatic carbocycles. The van der Waals surface area contributed by atoms with Crippen molar-refractivity contribution in [1.29, 1.82) is 0 Å². The first-order chi connectivity index (χ1) is 12.7. The second-order valence-electron chi connectivity index (χ2n) is 10.4. The number of rotatable bonds is 5. The van der Waals surface area contributed by atoms with E-state index in [4.69, 9.17) is 0 Å². The lowest BCUT2D eigenvalue weighted by molar-refractivity contribution is 0.209. The summed E-state index contributed by atoms with van der Waals surface area (Å²) in [4.78, 5) is 2.59. The number of likely N-dealkylation sites (tertiary alicyclic amines) is 1. The number of allylic oxidation sites excluding steroid dienone is 2. The Morgan fingerprint density at radius 2 is 1.81 bits per heavy atom. The molecule has 2 aliphatic rings. The standard InChI is InChI=1S/C25H38FN/c1-6-7-12-27-13-10-19(11-14-27)23-15-21(26)8-9-22(23)20-16-24(2,3)18-25(4,5)17-20/h8-9,15-16,19H,6-7,10-14,17-18H2,1-5H3. The molecule has 1 nitrogen and oxygen atoms in total. The molecule has 3 rings (SSSR count). The van der Waals surface area contributed by atoms with E-state index in [1.54, 1.807) is 6.07 Å². The Bertz CT molecular complexity index is 678. The van der Waals surface area contributed by atoms with E-state index in [1.807, 2.05) is 6.07 Å². The summed E-state index contributed by atoms with van der Waals surface area (Å²) in [5.74, 6) is 0.403. The molecule has 1 heterocycles. The lowest BCUT2D eigenvalue weighted by Gasteiger charge is -2.40. The van der Waals surface area contributed by atoms with E-state index in [0.717, 1.165) is 32.4 Å². The van der Waals surface area contributed by atoms with Crippen molar-refractivity contribution in [2.75, 3.05) is 19.6 Å². The van der Waals surface area contributed by atoms with Crippen LogP contribution >= 0.6 is 0 Å². The van der Waals surface area contributed by atoms with Gasteiger partial charge in [0.15, 0.2) is 0 Å². The highest BCUT2D eigenvalue weighted by Crippen LogP contribution is 2.48. The highest BCUT2D eigenvalue weighted by atomic mass is 19.1. The summed E-state index contributed by atoms with van der Waals surface area (Å²) in [7, 11) is 0. The molecule has 1 aromatic carbocycles. The van der Waals surface area contributed by atoms with Crippen LogP contribution in [0.3, 0.4) is 0 Å². The van der Waals surface area contributed by atoms with Gasteiger partial charge in [0.2, 0.25) is 0 Å². The summed E-state index contributed by atoms with van der Waals surface area (Å²) in [6.07, 6.45) is 9.60. The van der Waals surface area contributed by atoms with Crippen LogP contribution in [0.15, 0.2) is 24.3 Å². The van der Waals surface area contributed by atoms with Crippen LogP contribution in [0.5, 0.6) is 0 Å². The summed E-state index contributed by atoms with van der Waals surface area (Å²) < 4.78 is 14.2. The van der Waals surface area contributed by atoms with Crippen molar-refractivity contribution in [2.24, 2.45) is 10.8 Å². The Morgan fingerprint density at radius 1 is 1.11 bits per heavy atom. The van der Waals surface area contributed by atoms with E-state index >= 15 is 0 Å². The fourth-order valence-corrected chi connectivity index (χ4v) is 5.57. The van der Waals surface area contributed by atoms with Gasteiger partial charge in [-0.05, 0) is 97.3 Å². The van der Waals surface area contributed by atoms with Crippen molar-refractivity contribution < 1.29 is 4.39 Å². The quantitative estimate of drug-likeness (QED) is 0.537. The minimum Gasteiger partial charge on any atom is -0.303 e. The van der Waals surface area contributed by atoms with Gasteiger partial charge in [-0.1, -0.05) is 53.2 Å². The van der Waals surface area contributed by atoms with Crippen molar-refractivity contribution in [3.05, 3.63) is 41.2 Å². The van der Waals surface area contributed by atoms with Crippen molar-refractivity contribution in [3.8, 4) is 0 Å². The maximum Gasteiger partial charge on any atom is 0.123 e. The first-order valence-corrected chi connectivity index (χ1v) is 10.9. The van der Waals surface area contributed by atoms with Crippen LogP contribution in [0.25, 0.3) is 5.57 Å². The highest BCUT2D eigenvalue weighted by Gasteiger charge is 2.34. The molecule has 1 saturated heterocycles. The molecule has 0 unspecified atom stereocenters. The van der Waals surface area contributed by atoms with E-state index in [0.29, 0.717) is 11.3 Å². The maximum atomic E-state index is 14.2. The van der Waals surface area contributed by atoms with Crippen LogP contribution in [0.2, 0.25) is 0 Å². The van der Waals surface area contributed by atoms with Gasteiger partial charge < -0.3 is 4.90 Å². The van der Waals surface area contributed by atoms with E-state index < -0.39 is 0 Å². The number of nitrogens with zero attached hydrogens (tertiary/aromatic N) is 1. The van der Waals surface area contributed by atoms with Gasteiger partial charge in [-0.2, -0.15) is 0 Å². The summed E-state index contributed by atoms with van der Waals surface area (Å²) in [5, 5.41) is 0. The molecule has 27 heavy (non-hydrogen) atoms. The average Bonchev–Trinajstić information content (AvgIpc) is 2.57. The normalized spacial score (nSPS) is 23.3. The number of hydrogen-bond acceptors (Lipinski definition) is 1. The third-order valence-electron chi connectivity index (χ3n) is 6.38. The Labute approximate surface area is 166 Å². The van der Waals surface area contributed by atoms with E-state index in [-0.39, 0.29) is 11.2 Å². The Morgan fingerprint density at radius 3 is 2.44 bits per heavy atom. The molecule has 1 fully saturated rings. The zero-order valence-corrected chi connectivity index (χ0v) is 18.1. The first-order valence-electron chi connectivity index (χ1n) is 10.9. The lowest BCUT2D eigenvalue weighted by Crippen LogP contribution is -2.34. The summed E-state index contributed by atoms with van der Waals surface area (Å²) in [5.41, 5.74) is 4.49. The largest absolute Gasteiger partial charge is 0.303 e. The molecule has 0 saturated carbocycles. The van der Waals surface area contributed by atoms with Crippen LogP contribution in [0.4, 0.5) is 4.39 Å². The summed E-state index contributed by atoms with van der Waals surface area (Å²) >= 11 is 0. The monoisotopic (exact) mass is 371 g/mol. The molecule has 0 amide bonds. The van der Waals surface area contributed by atoms with Gasteiger partial charge in [-0.25, -0.2) is 4.39 Å². The predicted molar refractivity (Wildman–Crippen MR) is 114 cm³/mol. The molecule has 0 N–H and O–H groups in total. The zero-order valence-electron chi connectivity index (χ0n) is 18.1. The van der Waals surface area contributed by atoms with Crippen LogP contribution in [0.1, 0.15) is 90.2 Å². The molecule has 0 radical (unpaired) electrons. The van der Waals surface area contributed by atoms with Gasteiger partial charge >= 0.3 is 0 Å². The van der Waals surface area contributed by atoms with Gasteiger partial charge in [0, 0.05) is 0 Å². The third-order valence-corrected chi connectivity index (χ3v) is 6.38. The number of benzene rings is 1. The van der Waals surface area contributed by atoms with Crippen molar-refractivity contribution in [2.45, 2.75) is 79.1 Å². The highest BCUT2D eigenvalue weighted by molar-refractivity contribution is 5.71. The van der Waals surface area contributed by atoms with Gasteiger partial charge in [-0.3, -0.25) is 0 Å². The zero-order chi connectivity index (χ0) is 19.7. The van der Waals surface area contributed by atoms with Gasteiger partial charge in [0.25, 0.3) is 0 Å². The van der Waals surface area contributed by atoms with Crippen molar-refractivity contribution in [1.82, 2.24) is 4.90 Å². The first kappa shape index (κ1) is 20.6. The smallest absolute Gasteiger partial charge is 0.123 e. The Kier molecular flexibility index (Phi) is 6.15. The molecular weight excluding hydrogens is 333 g/mol. The van der Waals surface area contributed by atoms with Crippen LogP contribution in [-0.4, -0.2) is 24.5 Å². The van der Waals surface area contributed by atoms with Crippen LogP contribution in [-0.2, 0) is 0 Å². The predicted octanol–water partition coefficient (Wildman–Crippen LogP) is 7.03. The second kappa shape index (κ2) is 8.07. The SMILES string of the molecule is CCCCN1CCC(c2cc(F)ccc2C2=CC(C)(C)CC(C)(C)C2)CC1. The van der Waals surface area contributed by atoms with Crippen molar-refractivity contribution >= 4 is 5.57 Å². The number of unbranched alkanes of at least 4 members (excludes halogenated alkanes) is 1. The molecule has 0 atom stereocenters. The number of piperidine rings is 1. The molecular formula is C25H38FN. The topological polar surface area (TPSA) is 3.24 Å². The third kappa shape index (κ3) is 5.22.